The van der Waals surface area contributed by atoms with Gasteiger partial charge in [0, 0.05) is 11.4 Å². The van der Waals surface area contributed by atoms with Crippen molar-refractivity contribution in [1.82, 2.24) is 9.97 Å². The smallest absolute Gasteiger partial charge is 0.0889 e. The Labute approximate surface area is 90.0 Å². The molecule has 0 saturated heterocycles. The highest BCUT2D eigenvalue weighted by Crippen LogP contribution is 2.14. The first-order valence-electron chi connectivity index (χ1n) is 5.19. The Morgan fingerprint density at radius 3 is 2.27 bits per heavy atom. The third kappa shape index (κ3) is 2.21. The molecule has 2 heterocycles. The van der Waals surface area contributed by atoms with Crippen molar-refractivity contribution in [2.75, 3.05) is 0 Å². The summed E-state index contributed by atoms with van der Waals surface area (Å²) in [5, 5.41) is 0. The van der Waals surface area contributed by atoms with Gasteiger partial charge in [0.05, 0.1) is 11.4 Å². The molecule has 2 aromatic heterocycles. The summed E-state index contributed by atoms with van der Waals surface area (Å²) >= 11 is 0. The molecule has 0 bridgehead atoms. The van der Waals surface area contributed by atoms with Crippen LogP contribution in [-0.4, -0.2) is 9.97 Å². The maximum Gasteiger partial charge on any atom is 0.0889 e. The Bertz CT molecular complexity index is 464. The predicted octanol–water partition coefficient (Wildman–Crippen LogP) is 3.01. The van der Waals surface area contributed by atoms with E-state index in [1.165, 1.54) is 0 Å². The largest absolute Gasteiger partial charge is 0.251 e. The predicted molar refractivity (Wildman–Crippen MR) is 61.6 cm³/mol. The minimum Gasteiger partial charge on any atom is -0.251 e. The van der Waals surface area contributed by atoms with Gasteiger partial charge in [0.1, 0.15) is 0 Å². The van der Waals surface area contributed by atoms with Gasteiger partial charge in [0.25, 0.3) is 0 Å². The van der Waals surface area contributed by atoms with Crippen molar-refractivity contribution in [2.24, 2.45) is 0 Å². The first-order chi connectivity index (χ1) is 7.29. The highest BCUT2D eigenvalue weighted by atomic mass is 14.8. The molecule has 2 heteroatoms. The fourth-order valence-corrected chi connectivity index (χ4v) is 1.50. The van der Waals surface area contributed by atoms with E-state index in [1.54, 1.807) is 0 Å². The Kier molecular flexibility index (Phi) is 2.77. The van der Waals surface area contributed by atoms with E-state index >= 15 is 0 Å². The van der Waals surface area contributed by atoms with Gasteiger partial charge in [-0.1, -0.05) is 19.1 Å². The molecule has 2 aromatic rings. The molecule has 0 aliphatic carbocycles. The van der Waals surface area contributed by atoms with Crippen molar-refractivity contribution < 1.29 is 0 Å². The van der Waals surface area contributed by atoms with Gasteiger partial charge in [-0.3, -0.25) is 9.97 Å². The quantitative estimate of drug-likeness (QED) is 0.741. The number of aromatic nitrogens is 2. The lowest BCUT2D eigenvalue weighted by atomic mass is 10.2. The maximum atomic E-state index is 4.54. The van der Waals surface area contributed by atoms with E-state index in [2.05, 4.69) is 16.9 Å². The topological polar surface area (TPSA) is 25.8 Å². The number of rotatable bonds is 2. The number of pyridine rings is 2. The van der Waals surface area contributed by atoms with E-state index in [0.717, 1.165) is 29.2 Å². The second-order valence-corrected chi connectivity index (χ2v) is 3.53. The van der Waals surface area contributed by atoms with Crippen molar-refractivity contribution in [1.29, 1.82) is 0 Å². The third-order valence-electron chi connectivity index (χ3n) is 2.32. The molecular weight excluding hydrogens is 184 g/mol. The summed E-state index contributed by atoms with van der Waals surface area (Å²) < 4.78 is 0. The monoisotopic (exact) mass is 198 g/mol. The molecule has 0 saturated carbocycles. The van der Waals surface area contributed by atoms with Crippen molar-refractivity contribution >= 4 is 0 Å². The molecule has 15 heavy (non-hydrogen) atoms. The standard InChI is InChI=1S/C13H14N2/c1-3-11-7-5-9-13(15-11)12-8-4-6-10(2)14-12/h4-9H,3H2,1-2H3. The van der Waals surface area contributed by atoms with Gasteiger partial charge in [-0.2, -0.15) is 0 Å². The summed E-state index contributed by atoms with van der Waals surface area (Å²) in [6, 6.07) is 12.1. The Morgan fingerprint density at radius 2 is 1.60 bits per heavy atom. The van der Waals surface area contributed by atoms with Crippen molar-refractivity contribution in [3.05, 3.63) is 47.8 Å². The number of hydrogen-bond donors (Lipinski definition) is 0. The molecule has 0 aromatic carbocycles. The van der Waals surface area contributed by atoms with E-state index in [-0.39, 0.29) is 0 Å². The summed E-state index contributed by atoms with van der Waals surface area (Å²) in [5.74, 6) is 0. The highest BCUT2D eigenvalue weighted by Gasteiger charge is 2.01. The van der Waals surface area contributed by atoms with Gasteiger partial charge in [-0.25, -0.2) is 0 Å². The number of aryl methyl sites for hydroxylation is 2. The second-order valence-electron chi connectivity index (χ2n) is 3.53. The zero-order valence-electron chi connectivity index (χ0n) is 9.07. The summed E-state index contributed by atoms with van der Waals surface area (Å²) in [6.45, 7) is 4.10. The van der Waals surface area contributed by atoms with Gasteiger partial charge >= 0.3 is 0 Å². The molecule has 0 N–H and O–H groups in total. The molecule has 0 radical (unpaired) electrons. The summed E-state index contributed by atoms with van der Waals surface area (Å²) in [5.41, 5.74) is 4.04. The molecule has 2 rings (SSSR count). The van der Waals surface area contributed by atoms with Gasteiger partial charge in [-0.15, -0.1) is 0 Å². The molecule has 0 unspecified atom stereocenters. The molecule has 0 amide bonds. The van der Waals surface area contributed by atoms with E-state index in [0.29, 0.717) is 0 Å². The SMILES string of the molecule is CCc1cccc(-c2cccc(C)n2)n1. The van der Waals surface area contributed by atoms with E-state index < -0.39 is 0 Å². The summed E-state index contributed by atoms with van der Waals surface area (Å²) in [4.78, 5) is 9.00. The van der Waals surface area contributed by atoms with Crippen LogP contribution in [0.15, 0.2) is 36.4 Å². The van der Waals surface area contributed by atoms with Crippen LogP contribution in [0.5, 0.6) is 0 Å². The molecular formula is C13H14N2. The molecule has 0 atom stereocenters. The number of hydrogen-bond acceptors (Lipinski definition) is 2. The van der Waals surface area contributed by atoms with Gasteiger partial charge in [0.15, 0.2) is 0 Å². The molecule has 0 aliphatic rings. The zero-order valence-corrected chi connectivity index (χ0v) is 9.07. The van der Waals surface area contributed by atoms with Crippen molar-refractivity contribution in [3.8, 4) is 11.4 Å². The molecule has 0 fully saturated rings. The van der Waals surface area contributed by atoms with Gasteiger partial charge < -0.3 is 0 Å². The average Bonchev–Trinajstić information content (AvgIpc) is 2.29. The molecule has 2 nitrogen and oxygen atoms in total. The lowest BCUT2D eigenvalue weighted by Gasteiger charge is -2.02. The first kappa shape index (κ1) is 9.84. The van der Waals surface area contributed by atoms with Crippen molar-refractivity contribution in [3.63, 3.8) is 0 Å². The lowest BCUT2D eigenvalue weighted by molar-refractivity contribution is 1.03. The van der Waals surface area contributed by atoms with Gasteiger partial charge in [-0.05, 0) is 37.6 Å². The fraction of sp³-hybridized carbons (Fsp3) is 0.231. The zero-order chi connectivity index (χ0) is 10.7. The summed E-state index contributed by atoms with van der Waals surface area (Å²) in [7, 11) is 0. The average molecular weight is 198 g/mol. The molecule has 76 valence electrons. The van der Waals surface area contributed by atoms with E-state index in [1.807, 2.05) is 43.3 Å². The first-order valence-corrected chi connectivity index (χ1v) is 5.19. The van der Waals surface area contributed by atoms with Crippen LogP contribution in [0.25, 0.3) is 11.4 Å². The second kappa shape index (κ2) is 4.22. The van der Waals surface area contributed by atoms with Crippen LogP contribution in [-0.2, 0) is 6.42 Å². The Morgan fingerprint density at radius 1 is 0.933 bits per heavy atom. The van der Waals surface area contributed by atoms with Gasteiger partial charge in [0.2, 0.25) is 0 Å². The maximum absolute atomic E-state index is 4.54. The van der Waals surface area contributed by atoms with Crippen LogP contribution in [0.1, 0.15) is 18.3 Å². The minimum atomic E-state index is 0.949. The Balaban J connectivity index is 2.44. The van der Waals surface area contributed by atoms with Crippen LogP contribution in [0.2, 0.25) is 0 Å². The van der Waals surface area contributed by atoms with Crippen molar-refractivity contribution in [2.45, 2.75) is 20.3 Å². The number of nitrogens with zero attached hydrogens (tertiary/aromatic N) is 2. The normalized spacial score (nSPS) is 10.3. The summed E-state index contributed by atoms with van der Waals surface area (Å²) in [6.07, 6.45) is 0.958. The van der Waals surface area contributed by atoms with Crippen LogP contribution >= 0.6 is 0 Å². The Hall–Kier alpha value is -1.70. The minimum absolute atomic E-state index is 0.949. The van der Waals surface area contributed by atoms with E-state index in [9.17, 15) is 0 Å². The fourth-order valence-electron chi connectivity index (χ4n) is 1.50. The molecule has 0 spiro atoms. The van der Waals surface area contributed by atoms with Crippen LogP contribution in [0.3, 0.4) is 0 Å². The van der Waals surface area contributed by atoms with E-state index in [4.69, 9.17) is 0 Å². The van der Waals surface area contributed by atoms with Crippen LogP contribution in [0, 0.1) is 6.92 Å². The van der Waals surface area contributed by atoms with Crippen LogP contribution in [0.4, 0.5) is 0 Å². The lowest BCUT2D eigenvalue weighted by Crippen LogP contribution is -1.92. The highest BCUT2D eigenvalue weighted by molar-refractivity contribution is 5.54. The van der Waals surface area contributed by atoms with Crippen LogP contribution < -0.4 is 0 Å². The molecule has 0 aliphatic heterocycles. The third-order valence-corrected chi connectivity index (χ3v) is 2.32.